The first-order valence-electron chi connectivity index (χ1n) is 11.2. The lowest BCUT2D eigenvalue weighted by atomic mass is 9.95. The van der Waals surface area contributed by atoms with E-state index in [0.717, 1.165) is 12.8 Å². The van der Waals surface area contributed by atoms with Crippen LogP contribution in [0, 0.1) is 5.92 Å². The summed E-state index contributed by atoms with van der Waals surface area (Å²) in [6.45, 7) is 1.44. The van der Waals surface area contributed by atoms with Crippen molar-refractivity contribution >= 4 is 41.2 Å². The summed E-state index contributed by atoms with van der Waals surface area (Å²) in [5.41, 5.74) is 1.69. The zero-order chi connectivity index (χ0) is 24.9. The molecule has 1 unspecified atom stereocenters. The largest absolute Gasteiger partial charge is 0.463 e. The molecule has 9 nitrogen and oxygen atoms in total. The van der Waals surface area contributed by atoms with Gasteiger partial charge in [0.2, 0.25) is 5.91 Å². The quantitative estimate of drug-likeness (QED) is 0.478. The molecule has 0 aromatic heterocycles. The molecule has 0 radical (unpaired) electrons. The number of carbonyl (C=O) groups is 4. The van der Waals surface area contributed by atoms with Crippen LogP contribution in [0.5, 0.6) is 0 Å². The molecule has 2 aromatic carbocycles. The van der Waals surface area contributed by atoms with E-state index >= 15 is 0 Å². The highest BCUT2D eigenvalue weighted by atomic mass is 35.5. The molecule has 1 aliphatic carbocycles. The fraction of sp³-hybridized carbons (Fsp3) is 0.280. The van der Waals surface area contributed by atoms with Crippen LogP contribution in [-0.2, 0) is 19.1 Å². The number of ether oxygens (including phenoxy) is 2. The molecule has 0 bridgehead atoms. The lowest BCUT2D eigenvalue weighted by molar-refractivity contribution is -0.139. The third-order valence-corrected chi connectivity index (χ3v) is 5.79. The molecular weight excluding hydrogens is 474 g/mol. The number of carbonyl (C=O) groups excluding carboxylic acids is 4. The van der Waals surface area contributed by atoms with E-state index in [-0.39, 0.29) is 41.9 Å². The first-order valence-corrected chi connectivity index (χ1v) is 11.5. The van der Waals surface area contributed by atoms with Crippen molar-refractivity contribution in [2.75, 3.05) is 18.5 Å². The van der Waals surface area contributed by atoms with Gasteiger partial charge in [-0.3, -0.25) is 4.79 Å². The zero-order valence-corrected chi connectivity index (χ0v) is 19.7. The number of hydrogen-bond acceptors (Lipinski definition) is 6. The highest BCUT2D eigenvalue weighted by Gasteiger charge is 2.34. The summed E-state index contributed by atoms with van der Waals surface area (Å²) in [6, 6.07) is 11.6. The minimum Gasteiger partial charge on any atom is -0.463 e. The van der Waals surface area contributed by atoms with Crippen molar-refractivity contribution in [2.24, 2.45) is 5.92 Å². The molecule has 1 saturated carbocycles. The van der Waals surface area contributed by atoms with E-state index in [1.165, 1.54) is 12.1 Å². The molecule has 1 fully saturated rings. The summed E-state index contributed by atoms with van der Waals surface area (Å²) in [6.07, 6.45) is 1.79. The van der Waals surface area contributed by atoms with Crippen LogP contribution in [0.2, 0.25) is 5.02 Å². The van der Waals surface area contributed by atoms with Gasteiger partial charge in [-0.1, -0.05) is 23.7 Å². The van der Waals surface area contributed by atoms with Gasteiger partial charge in [0.15, 0.2) is 0 Å². The van der Waals surface area contributed by atoms with Crippen LogP contribution in [0.1, 0.15) is 41.7 Å². The summed E-state index contributed by atoms with van der Waals surface area (Å²) in [5.74, 6) is -1.27. The number of anilines is 1. The minimum absolute atomic E-state index is 0.0318. The molecule has 1 aliphatic heterocycles. The van der Waals surface area contributed by atoms with Crippen molar-refractivity contribution in [3.8, 4) is 0 Å². The van der Waals surface area contributed by atoms with Gasteiger partial charge in [-0.2, -0.15) is 0 Å². The second-order valence-electron chi connectivity index (χ2n) is 8.11. The topological polar surface area (TPSA) is 123 Å². The second-order valence-corrected chi connectivity index (χ2v) is 8.55. The smallest absolute Gasteiger partial charge is 0.338 e. The van der Waals surface area contributed by atoms with Crippen LogP contribution in [0.15, 0.2) is 59.8 Å². The predicted octanol–water partition coefficient (Wildman–Crippen LogP) is 3.72. The summed E-state index contributed by atoms with van der Waals surface area (Å²) in [5, 5.41) is 8.55. The summed E-state index contributed by atoms with van der Waals surface area (Å²) >= 11 is 5.97. The number of benzene rings is 2. The van der Waals surface area contributed by atoms with Gasteiger partial charge in [-0.25, -0.2) is 14.4 Å². The second kappa shape index (κ2) is 10.6. The summed E-state index contributed by atoms with van der Waals surface area (Å²) in [4.78, 5) is 49.6. The summed E-state index contributed by atoms with van der Waals surface area (Å²) < 4.78 is 10.6. The maximum absolute atomic E-state index is 12.8. The van der Waals surface area contributed by atoms with Crippen LogP contribution >= 0.6 is 11.6 Å². The van der Waals surface area contributed by atoms with E-state index in [1.54, 1.807) is 43.3 Å². The molecule has 4 rings (SSSR count). The van der Waals surface area contributed by atoms with Crippen molar-refractivity contribution in [1.82, 2.24) is 10.6 Å². The van der Waals surface area contributed by atoms with Gasteiger partial charge in [0.1, 0.15) is 6.61 Å². The van der Waals surface area contributed by atoms with Gasteiger partial charge >= 0.3 is 18.0 Å². The Morgan fingerprint density at radius 3 is 2.31 bits per heavy atom. The van der Waals surface area contributed by atoms with E-state index in [2.05, 4.69) is 16.0 Å². The molecule has 2 aromatic rings. The Labute approximate surface area is 206 Å². The number of halogens is 1. The Balaban J connectivity index is 1.51. The maximum Gasteiger partial charge on any atom is 0.338 e. The molecule has 1 heterocycles. The van der Waals surface area contributed by atoms with Gasteiger partial charge in [0.05, 0.1) is 29.5 Å². The predicted molar refractivity (Wildman–Crippen MR) is 128 cm³/mol. The van der Waals surface area contributed by atoms with Gasteiger partial charge in [-0.05, 0) is 61.7 Å². The standard InChI is InChI=1S/C25H24ClN3O6/c1-2-34-24(32)20-19(28-25(33)29-21(20)14-5-9-17(26)10-6-14)13-35-23(31)16-7-11-18(12-8-16)27-22(30)15-3-4-15/h5-12,15,21H,2-4,13H2,1H3,(H,27,30)(H2,28,29,33). The fourth-order valence-corrected chi connectivity index (χ4v) is 3.71. The van der Waals surface area contributed by atoms with E-state index in [1.807, 2.05) is 0 Å². The lowest BCUT2D eigenvalue weighted by Crippen LogP contribution is -2.47. The zero-order valence-electron chi connectivity index (χ0n) is 18.9. The van der Waals surface area contributed by atoms with E-state index in [4.69, 9.17) is 21.1 Å². The fourth-order valence-electron chi connectivity index (χ4n) is 3.59. The first kappa shape index (κ1) is 24.3. The molecule has 10 heteroatoms. The molecule has 35 heavy (non-hydrogen) atoms. The van der Waals surface area contributed by atoms with Gasteiger partial charge in [0.25, 0.3) is 0 Å². The van der Waals surface area contributed by atoms with E-state index in [0.29, 0.717) is 16.3 Å². The summed E-state index contributed by atoms with van der Waals surface area (Å²) in [7, 11) is 0. The van der Waals surface area contributed by atoms with Gasteiger partial charge < -0.3 is 25.4 Å². The third-order valence-electron chi connectivity index (χ3n) is 5.54. The van der Waals surface area contributed by atoms with Crippen molar-refractivity contribution in [2.45, 2.75) is 25.8 Å². The Bertz CT molecular complexity index is 1170. The van der Waals surface area contributed by atoms with Crippen LogP contribution < -0.4 is 16.0 Å². The van der Waals surface area contributed by atoms with E-state index in [9.17, 15) is 19.2 Å². The molecule has 182 valence electrons. The maximum atomic E-state index is 12.8. The number of urea groups is 1. The molecule has 0 spiro atoms. The Morgan fingerprint density at radius 2 is 1.69 bits per heavy atom. The number of hydrogen-bond donors (Lipinski definition) is 3. The van der Waals surface area contributed by atoms with E-state index < -0.39 is 24.0 Å². The van der Waals surface area contributed by atoms with Crippen LogP contribution in [-0.4, -0.2) is 37.1 Å². The number of esters is 2. The van der Waals surface area contributed by atoms with Crippen LogP contribution in [0.4, 0.5) is 10.5 Å². The Morgan fingerprint density at radius 1 is 1.00 bits per heavy atom. The third kappa shape index (κ3) is 5.99. The lowest BCUT2D eigenvalue weighted by Gasteiger charge is -2.29. The van der Waals surface area contributed by atoms with Crippen molar-refractivity contribution in [3.05, 3.63) is 76.0 Å². The Kier molecular flexibility index (Phi) is 7.36. The van der Waals surface area contributed by atoms with Crippen LogP contribution in [0.25, 0.3) is 0 Å². The number of rotatable bonds is 8. The van der Waals surface area contributed by atoms with Crippen molar-refractivity contribution in [3.63, 3.8) is 0 Å². The SMILES string of the molecule is CCOC(=O)C1=C(COC(=O)c2ccc(NC(=O)C3CC3)cc2)NC(=O)NC1c1ccc(Cl)cc1. The molecule has 3 amide bonds. The number of amides is 3. The Hall–Kier alpha value is -3.85. The minimum atomic E-state index is -0.817. The molecule has 0 saturated heterocycles. The molecular formula is C25H24ClN3O6. The average molecular weight is 498 g/mol. The molecule has 1 atom stereocenters. The monoisotopic (exact) mass is 497 g/mol. The van der Waals surface area contributed by atoms with Gasteiger partial charge in [-0.15, -0.1) is 0 Å². The normalized spacial score (nSPS) is 17.2. The average Bonchev–Trinajstić information content (AvgIpc) is 3.69. The highest BCUT2D eigenvalue weighted by molar-refractivity contribution is 6.30. The number of nitrogens with one attached hydrogen (secondary N) is 3. The first-order chi connectivity index (χ1) is 16.9. The van der Waals surface area contributed by atoms with Gasteiger partial charge in [0, 0.05) is 16.6 Å². The molecule has 3 N–H and O–H groups in total. The molecule has 2 aliphatic rings. The van der Waals surface area contributed by atoms with Crippen molar-refractivity contribution in [1.29, 1.82) is 0 Å². The van der Waals surface area contributed by atoms with Crippen LogP contribution in [0.3, 0.4) is 0 Å². The highest BCUT2D eigenvalue weighted by Crippen LogP contribution is 2.30. The van der Waals surface area contributed by atoms with Crippen molar-refractivity contribution < 1.29 is 28.7 Å².